The van der Waals surface area contributed by atoms with Crippen LogP contribution < -0.4 is 9.80 Å². The Morgan fingerprint density at radius 1 is 0.905 bits per heavy atom. The quantitative estimate of drug-likeness (QED) is 0.858. The van der Waals surface area contributed by atoms with Gasteiger partial charge in [0.25, 0.3) is 0 Å². The zero-order chi connectivity index (χ0) is 15.0. The number of rotatable bonds is 2. The molecule has 0 bridgehead atoms. The van der Waals surface area contributed by atoms with Gasteiger partial charge in [-0.25, -0.2) is 14.6 Å². The number of nitrogens with zero attached hydrogens (tertiary/aromatic N) is 2. The van der Waals surface area contributed by atoms with E-state index in [9.17, 15) is 4.79 Å². The van der Waals surface area contributed by atoms with Crippen LogP contribution in [0.15, 0.2) is 54.6 Å². The molecule has 5 heteroatoms. The molecule has 3 rings (SSSR count). The Morgan fingerprint density at radius 2 is 1.48 bits per heavy atom. The van der Waals surface area contributed by atoms with Crippen molar-refractivity contribution in [3.05, 3.63) is 60.2 Å². The molecule has 0 atom stereocenters. The Balaban J connectivity index is 2.02. The molecule has 0 unspecified atom stereocenters. The zero-order valence-electron chi connectivity index (χ0n) is 11.4. The third-order valence-corrected chi connectivity index (χ3v) is 3.69. The van der Waals surface area contributed by atoms with E-state index >= 15 is 0 Å². The number of thiocarbonyl (C=S) groups is 1. The van der Waals surface area contributed by atoms with Crippen LogP contribution >= 0.6 is 12.2 Å². The number of nitrogens with one attached hydrogen (secondary N) is 1. The van der Waals surface area contributed by atoms with E-state index < -0.39 is 0 Å². The average Bonchev–Trinajstić information content (AvgIpc) is 2.72. The van der Waals surface area contributed by atoms with Gasteiger partial charge in [-0.15, -0.1) is 0 Å². The molecular weight excluding hydrogens is 282 g/mol. The van der Waals surface area contributed by atoms with E-state index in [2.05, 4.69) is 0 Å². The predicted octanol–water partition coefficient (Wildman–Crippen LogP) is 3.75. The normalized spacial score (nSPS) is 15.0. The second-order valence-electron chi connectivity index (χ2n) is 4.78. The molecule has 2 aromatic rings. The first-order valence-electron chi connectivity index (χ1n) is 6.48. The topological polar surface area (TPSA) is 47.4 Å². The number of hydrogen-bond donors (Lipinski definition) is 1. The Labute approximate surface area is 128 Å². The zero-order valence-corrected chi connectivity index (χ0v) is 12.2. The molecule has 1 fully saturated rings. The van der Waals surface area contributed by atoms with E-state index in [-0.39, 0.29) is 16.9 Å². The summed E-state index contributed by atoms with van der Waals surface area (Å²) in [5, 5.41) is 8.14. The summed E-state index contributed by atoms with van der Waals surface area (Å²) in [5.41, 5.74) is 2.42. The van der Waals surface area contributed by atoms with Crippen molar-refractivity contribution < 1.29 is 4.79 Å². The first-order chi connectivity index (χ1) is 10.1. The van der Waals surface area contributed by atoms with Crippen molar-refractivity contribution >= 4 is 40.4 Å². The van der Waals surface area contributed by atoms with Gasteiger partial charge in [-0.2, -0.15) is 0 Å². The van der Waals surface area contributed by atoms with E-state index in [1.54, 1.807) is 12.1 Å². The maximum Gasteiger partial charge on any atom is 0.340 e. The Hall–Kier alpha value is -2.53. The summed E-state index contributed by atoms with van der Waals surface area (Å²) in [4.78, 5) is 15.6. The molecule has 2 amide bonds. The Morgan fingerprint density at radius 3 is 2.10 bits per heavy atom. The average molecular weight is 295 g/mol. The number of carbonyl (C=O) groups excluding carboxylic acids is 1. The van der Waals surface area contributed by atoms with Gasteiger partial charge in [0.05, 0.1) is 11.4 Å². The van der Waals surface area contributed by atoms with Crippen LogP contribution in [0.4, 0.5) is 16.2 Å². The number of para-hydroxylation sites is 1. The number of aryl methyl sites for hydroxylation is 1. The fourth-order valence-corrected chi connectivity index (χ4v) is 2.50. The van der Waals surface area contributed by atoms with Gasteiger partial charge >= 0.3 is 6.03 Å². The van der Waals surface area contributed by atoms with Crippen LogP contribution in [0, 0.1) is 12.3 Å². The number of urea groups is 1. The summed E-state index contributed by atoms with van der Waals surface area (Å²) in [6.07, 6.45) is 0. The molecule has 0 spiro atoms. The highest BCUT2D eigenvalue weighted by molar-refractivity contribution is 7.82. The number of benzene rings is 2. The summed E-state index contributed by atoms with van der Waals surface area (Å²) in [7, 11) is 0. The second kappa shape index (κ2) is 5.10. The molecule has 0 saturated carbocycles. The number of hydrogen-bond acceptors (Lipinski definition) is 3. The second-order valence-corrected chi connectivity index (χ2v) is 5.16. The molecule has 104 valence electrons. The molecule has 1 aliphatic rings. The predicted molar refractivity (Wildman–Crippen MR) is 88.3 cm³/mol. The minimum atomic E-state index is -0.319. The fraction of sp³-hybridized carbons (Fsp3) is 0.0625. The summed E-state index contributed by atoms with van der Waals surface area (Å²) in [5.74, 6) is 0.0303. The molecule has 0 aliphatic carbocycles. The molecule has 21 heavy (non-hydrogen) atoms. The molecule has 1 heterocycles. The highest BCUT2D eigenvalue weighted by atomic mass is 32.1. The number of amides is 2. The number of anilines is 2. The van der Waals surface area contributed by atoms with Crippen LogP contribution in [-0.2, 0) is 0 Å². The largest absolute Gasteiger partial charge is 0.340 e. The van der Waals surface area contributed by atoms with Gasteiger partial charge in [0, 0.05) is 0 Å². The van der Waals surface area contributed by atoms with Gasteiger partial charge in [0.15, 0.2) is 10.8 Å². The van der Waals surface area contributed by atoms with Gasteiger partial charge in [-0.05, 0) is 31.2 Å². The van der Waals surface area contributed by atoms with Gasteiger partial charge in [0.1, 0.15) is 0 Å². The van der Waals surface area contributed by atoms with Gasteiger partial charge in [-0.3, -0.25) is 5.41 Å². The fourth-order valence-electron chi connectivity index (χ4n) is 2.22. The minimum absolute atomic E-state index is 0.0303. The Kier molecular flexibility index (Phi) is 3.27. The van der Waals surface area contributed by atoms with Gasteiger partial charge < -0.3 is 0 Å². The minimum Gasteiger partial charge on any atom is -0.281 e. The lowest BCUT2D eigenvalue weighted by atomic mass is 10.2. The van der Waals surface area contributed by atoms with Crippen LogP contribution in [-0.4, -0.2) is 16.9 Å². The Bertz CT molecular complexity index is 725. The molecule has 1 N–H and O–H groups in total. The van der Waals surface area contributed by atoms with E-state index in [4.69, 9.17) is 17.6 Å². The molecule has 0 aromatic heterocycles. The van der Waals surface area contributed by atoms with E-state index in [0.717, 1.165) is 5.56 Å². The SMILES string of the molecule is Cc1ccc(N2C(=N)C(=S)N(c3ccccc3)C2=O)cc1. The number of carbonyl (C=O) groups is 1. The molecule has 2 aromatic carbocycles. The lowest BCUT2D eigenvalue weighted by Crippen LogP contribution is -2.33. The van der Waals surface area contributed by atoms with Crippen molar-refractivity contribution in [3.8, 4) is 0 Å². The summed E-state index contributed by atoms with van der Waals surface area (Å²) in [6.45, 7) is 1.97. The van der Waals surface area contributed by atoms with Crippen molar-refractivity contribution in [2.24, 2.45) is 0 Å². The smallest absolute Gasteiger partial charge is 0.281 e. The van der Waals surface area contributed by atoms with Crippen molar-refractivity contribution in [2.75, 3.05) is 9.80 Å². The van der Waals surface area contributed by atoms with Crippen molar-refractivity contribution in [1.29, 1.82) is 5.41 Å². The third kappa shape index (κ3) is 2.21. The molecule has 4 nitrogen and oxygen atoms in total. The summed E-state index contributed by atoms with van der Waals surface area (Å²) >= 11 is 5.26. The van der Waals surface area contributed by atoms with E-state index in [0.29, 0.717) is 11.4 Å². The van der Waals surface area contributed by atoms with Crippen molar-refractivity contribution in [3.63, 3.8) is 0 Å². The number of amidine groups is 1. The van der Waals surface area contributed by atoms with Crippen molar-refractivity contribution in [2.45, 2.75) is 6.92 Å². The third-order valence-electron chi connectivity index (χ3n) is 3.32. The summed E-state index contributed by atoms with van der Waals surface area (Å²) < 4.78 is 0. The standard InChI is InChI=1S/C16H13N3OS/c1-11-7-9-13(10-8-11)18-14(17)15(21)19(16(18)20)12-5-3-2-4-6-12/h2-10,17H,1H3. The maximum absolute atomic E-state index is 12.6. The van der Waals surface area contributed by atoms with E-state index in [1.807, 2.05) is 49.4 Å². The molecule has 1 aliphatic heterocycles. The molecule has 0 radical (unpaired) electrons. The van der Waals surface area contributed by atoms with Crippen LogP contribution in [0.25, 0.3) is 0 Å². The highest BCUT2D eigenvalue weighted by Gasteiger charge is 2.40. The van der Waals surface area contributed by atoms with Crippen LogP contribution in [0.5, 0.6) is 0 Å². The lowest BCUT2D eigenvalue weighted by Gasteiger charge is -2.17. The van der Waals surface area contributed by atoms with Gasteiger partial charge in [0.2, 0.25) is 0 Å². The molecular formula is C16H13N3OS. The monoisotopic (exact) mass is 295 g/mol. The van der Waals surface area contributed by atoms with Crippen molar-refractivity contribution in [1.82, 2.24) is 0 Å². The van der Waals surface area contributed by atoms with Gasteiger partial charge in [-0.1, -0.05) is 48.1 Å². The maximum atomic E-state index is 12.6. The first kappa shape index (κ1) is 13.5. The van der Waals surface area contributed by atoms with Crippen LogP contribution in [0.2, 0.25) is 0 Å². The van der Waals surface area contributed by atoms with Crippen LogP contribution in [0.3, 0.4) is 0 Å². The van der Waals surface area contributed by atoms with Crippen LogP contribution in [0.1, 0.15) is 5.56 Å². The lowest BCUT2D eigenvalue weighted by molar-refractivity contribution is 0.257. The highest BCUT2D eigenvalue weighted by Crippen LogP contribution is 2.27. The van der Waals surface area contributed by atoms with E-state index in [1.165, 1.54) is 9.80 Å². The first-order valence-corrected chi connectivity index (χ1v) is 6.89. The summed E-state index contributed by atoms with van der Waals surface area (Å²) in [6, 6.07) is 16.3. The molecule has 1 saturated heterocycles.